The van der Waals surface area contributed by atoms with Crippen LogP contribution >= 0.6 is 0 Å². The van der Waals surface area contributed by atoms with Crippen LogP contribution in [0.1, 0.15) is 51.4 Å². The van der Waals surface area contributed by atoms with E-state index >= 15 is 0 Å². The zero-order chi connectivity index (χ0) is 15.3. The molecule has 2 rings (SSSR count). The molecule has 2 aliphatic rings. The quantitative estimate of drug-likeness (QED) is 0.675. The standard InChI is InChI=1S/C15H26N2O4/c18-10-8-15(6-2-3-7-15)16-13(20)11-17-9-4-1-5-12(19)14(17)21/h12,18-19H,1-11H2,(H,16,20). The lowest BCUT2D eigenvalue weighted by Crippen LogP contribution is -2.52. The maximum atomic E-state index is 12.2. The Morgan fingerprint density at radius 2 is 2.00 bits per heavy atom. The van der Waals surface area contributed by atoms with E-state index in [-0.39, 0.29) is 30.5 Å². The van der Waals surface area contributed by atoms with E-state index in [0.29, 0.717) is 19.4 Å². The van der Waals surface area contributed by atoms with E-state index in [1.165, 1.54) is 4.90 Å². The van der Waals surface area contributed by atoms with Gasteiger partial charge < -0.3 is 20.4 Å². The van der Waals surface area contributed by atoms with Gasteiger partial charge in [-0.2, -0.15) is 0 Å². The lowest BCUT2D eigenvalue weighted by molar-refractivity contribution is -0.142. The van der Waals surface area contributed by atoms with E-state index in [0.717, 1.165) is 38.5 Å². The summed E-state index contributed by atoms with van der Waals surface area (Å²) in [5, 5.41) is 21.9. The summed E-state index contributed by atoms with van der Waals surface area (Å²) in [6.07, 6.45) is 5.57. The third-order valence-electron chi connectivity index (χ3n) is 4.64. The summed E-state index contributed by atoms with van der Waals surface area (Å²) in [6, 6.07) is 0. The first-order chi connectivity index (χ1) is 10.1. The second-order valence-electron chi connectivity index (χ2n) is 6.28. The van der Waals surface area contributed by atoms with Gasteiger partial charge in [-0.1, -0.05) is 12.8 Å². The molecule has 1 aliphatic carbocycles. The molecule has 1 unspecified atom stereocenters. The zero-order valence-electron chi connectivity index (χ0n) is 12.5. The highest BCUT2D eigenvalue weighted by Gasteiger charge is 2.35. The van der Waals surface area contributed by atoms with Crippen LogP contribution in [0.2, 0.25) is 0 Å². The van der Waals surface area contributed by atoms with Crippen molar-refractivity contribution in [3.63, 3.8) is 0 Å². The topological polar surface area (TPSA) is 89.9 Å². The Balaban J connectivity index is 1.92. The molecule has 0 bridgehead atoms. The van der Waals surface area contributed by atoms with Crippen LogP contribution in [-0.4, -0.2) is 58.3 Å². The molecule has 1 saturated carbocycles. The van der Waals surface area contributed by atoms with Gasteiger partial charge in [-0.05, 0) is 38.5 Å². The highest BCUT2D eigenvalue weighted by Crippen LogP contribution is 2.32. The van der Waals surface area contributed by atoms with E-state index < -0.39 is 6.10 Å². The number of likely N-dealkylation sites (tertiary alicyclic amines) is 1. The maximum Gasteiger partial charge on any atom is 0.251 e. The average Bonchev–Trinajstić information content (AvgIpc) is 2.83. The van der Waals surface area contributed by atoms with Crippen molar-refractivity contribution in [2.45, 2.75) is 63.0 Å². The van der Waals surface area contributed by atoms with Crippen LogP contribution in [0, 0.1) is 0 Å². The van der Waals surface area contributed by atoms with Crippen molar-refractivity contribution in [1.82, 2.24) is 10.2 Å². The van der Waals surface area contributed by atoms with Crippen LogP contribution in [0.25, 0.3) is 0 Å². The van der Waals surface area contributed by atoms with Gasteiger partial charge in [0.1, 0.15) is 6.10 Å². The normalized spacial score (nSPS) is 25.7. The lowest BCUT2D eigenvalue weighted by Gasteiger charge is -2.31. The van der Waals surface area contributed by atoms with Crippen molar-refractivity contribution in [3.05, 3.63) is 0 Å². The molecule has 0 aromatic heterocycles. The van der Waals surface area contributed by atoms with Crippen molar-refractivity contribution in [1.29, 1.82) is 0 Å². The Hall–Kier alpha value is -1.14. The molecule has 3 N–H and O–H groups in total. The average molecular weight is 298 g/mol. The molecule has 1 aliphatic heterocycles. The number of rotatable bonds is 5. The van der Waals surface area contributed by atoms with Gasteiger partial charge >= 0.3 is 0 Å². The number of nitrogens with one attached hydrogen (secondary N) is 1. The third-order valence-corrected chi connectivity index (χ3v) is 4.64. The van der Waals surface area contributed by atoms with E-state index in [2.05, 4.69) is 5.32 Å². The smallest absolute Gasteiger partial charge is 0.251 e. The summed E-state index contributed by atoms with van der Waals surface area (Å²) in [4.78, 5) is 25.7. The number of amides is 2. The van der Waals surface area contributed by atoms with Gasteiger partial charge in [-0.15, -0.1) is 0 Å². The number of carbonyl (C=O) groups is 2. The van der Waals surface area contributed by atoms with Gasteiger partial charge in [0, 0.05) is 18.7 Å². The summed E-state index contributed by atoms with van der Waals surface area (Å²) in [6.45, 7) is 0.584. The molecule has 2 fully saturated rings. The lowest BCUT2D eigenvalue weighted by atomic mass is 9.93. The first-order valence-electron chi connectivity index (χ1n) is 7.95. The highest BCUT2D eigenvalue weighted by atomic mass is 16.3. The van der Waals surface area contributed by atoms with Crippen molar-refractivity contribution in [2.24, 2.45) is 0 Å². The minimum Gasteiger partial charge on any atom is -0.396 e. The largest absolute Gasteiger partial charge is 0.396 e. The highest BCUT2D eigenvalue weighted by molar-refractivity contribution is 5.87. The molecule has 2 amide bonds. The summed E-state index contributed by atoms with van der Waals surface area (Å²) < 4.78 is 0. The Labute approximate surface area is 125 Å². The Kier molecular flexibility index (Phi) is 5.58. The van der Waals surface area contributed by atoms with E-state index in [1.807, 2.05) is 0 Å². The SMILES string of the molecule is O=C(CN1CCCCC(O)C1=O)NC1(CCO)CCCC1. The van der Waals surface area contributed by atoms with Gasteiger partial charge in [0.2, 0.25) is 5.91 Å². The Morgan fingerprint density at radius 1 is 1.29 bits per heavy atom. The molecular weight excluding hydrogens is 272 g/mol. The fraction of sp³-hybridized carbons (Fsp3) is 0.867. The molecule has 21 heavy (non-hydrogen) atoms. The molecule has 6 nitrogen and oxygen atoms in total. The summed E-state index contributed by atoms with van der Waals surface area (Å²) in [7, 11) is 0. The summed E-state index contributed by atoms with van der Waals surface area (Å²) >= 11 is 0. The molecule has 6 heteroatoms. The molecule has 0 spiro atoms. The molecule has 1 atom stereocenters. The molecule has 120 valence electrons. The summed E-state index contributed by atoms with van der Waals surface area (Å²) in [5.74, 6) is -0.530. The van der Waals surface area contributed by atoms with Crippen LogP contribution in [0.15, 0.2) is 0 Å². The fourth-order valence-corrected chi connectivity index (χ4v) is 3.45. The van der Waals surface area contributed by atoms with Crippen molar-refractivity contribution >= 4 is 11.8 Å². The molecule has 0 aromatic rings. The molecule has 1 saturated heterocycles. The van der Waals surface area contributed by atoms with Gasteiger partial charge in [-0.3, -0.25) is 9.59 Å². The molecule has 1 heterocycles. The third kappa shape index (κ3) is 4.17. The number of aliphatic hydroxyl groups excluding tert-OH is 2. The number of aliphatic hydroxyl groups is 2. The van der Waals surface area contributed by atoms with E-state index in [9.17, 15) is 19.8 Å². The van der Waals surface area contributed by atoms with Crippen molar-refractivity contribution in [2.75, 3.05) is 19.7 Å². The van der Waals surface area contributed by atoms with Gasteiger partial charge in [0.05, 0.1) is 6.54 Å². The predicted molar refractivity (Wildman–Crippen MR) is 77.5 cm³/mol. The first kappa shape index (κ1) is 16.2. The maximum absolute atomic E-state index is 12.2. The van der Waals surface area contributed by atoms with Crippen molar-refractivity contribution in [3.8, 4) is 0 Å². The van der Waals surface area contributed by atoms with Gasteiger partial charge in [0.15, 0.2) is 0 Å². The van der Waals surface area contributed by atoms with Gasteiger partial charge in [-0.25, -0.2) is 0 Å². The van der Waals surface area contributed by atoms with E-state index in [1.54, 1.807) is 0 Å². The minimum atomic E-state index is -0.974. The minimum absolute atomic E-state index is 0.00305. The molecule has 0 radical (unpaired) electrons. The van der Waals surface area contributed by atoms with Crippen LogP contribution in [0.5, 0.6) is 0 Å². The van der Waals surface area contributed by atoms with Crippen LogP contribution in [0.4, 0.5) is 0 Å². The number of carbonyl (C=O) groups excluding carboxylic acids is 2. The Morgan fingerprint density at radius 3 is 2.67 bits per heavy atom. The number of hydrogen-bond acceptors (Lipinski definition) is 4. The van der Waals surface area contributed by atoms with E-state index in [4.69, 9.17) is 0 Å². The molecule has 0 aromatic carbocycles. The Bertz CT molecular complexity index is 380. The predicted octanol–water partition coefficient (Wildman–Crippen LogP) is 0.171. The zero-order valence-corrected chi connectivity index (χ0v) is 12.5. The fourth-order valence-electron chi connectivity index (χ4n) is 3.45. The second-order valence-corrected chi connectivity index (χ2v) is 6.28. The number of nitrogens with zero attached hydrogens (tertiary/aromatic N) is 1. The van der Waals surface area contributed by atoms with Crippen LogP contribution in [0.3, 0.4) is 0 Å². The van der Waals surface area contributed by atoms with Gasteiger partial charge in [0.25, 0.3) is 5.91 Å². The number of hydrogen-bond donors (Lipinski definition) is 3. The summed E-state index contributed by atoms with van der Waals surface area (Å²) in [5.41, 5.74) is -0.306. The van der Waals surface area contributed by atoms with Crippen LogP contribution in [-0.2, 0) is 9.59 Å². The van der Waals surface area contributed by atoms with Crippen LogP contribution < -0.4 is 5.32 Å². The molecular formula is C15H26N2O4. The first-order valence-corrected chi connectivity index (χ1v) is 7.95. The van der Waals surface area contributed by atoms with Crippen molar-refractivity contribution < 1.29 is 19.8 Å². The second kappa shape index (κ2) is 7.22. The monoisotopic (exact) mass is 298 g/mol.